The van der Waals surface area contributed by atoms with Crippen LogP contribution in [0, 0.1) is 11.6 Å². The van der Waals surface area contributed by atoms with Crippen molar-refractivity contribution in [1.29, 1.82) is 0 Å². The average molecular weight is 501 g/mol. The molecule has 1 aromatic heterocycles. The van der Waals surface area contributed by atoms with Crippen molar-refractivity contribution < 1.29 is 27.8 Å². The van der Waals surface area contributed by atoms with E-state index in [4.69, 9.17) is 9.47 Å². The van der Waals surface area contributed by atoms with Crippen molar-refractivity contribution in [3.63, 3.8) is 0 Å². The lowest BCUT2D eigenvalue weighted by Crippen LogP contribution is -2.48. The Kier molecular flexibility index (Phi) is 8.09. The zero-order valence-corrected chi connectivity index (χ0v) is 20.1. The molecule has 1 aliphatic rings. The van der Waals surface area contributed by atoms with Gasteiger partial charge in [-0.05, 0) is 65.9 Å². The minimum atomic E-state index is -0.520. The van der Waals surface area contributed by atoms with Crippen molar-refractivity contribution in [2.24, 2.45) is 0 Å². The highest BCUT2D eigenvalue weighted by Gasteiger charge is 2.33. The number of halogens is 2. The normalized spacial score (nSPS) is 14.9. The monoisotopic (exact) mass is 500 g/mol. The zero-order valence-electron chi connectivity index (χ0n) is 19.3. The van der Waals surface area contributed by atoms with Gasteiger partial charge in [-0.2, -0.15) is 0 Å². The van der Waals surface area contributed by atoms with Gasteiger partial charge in [0.2, 0.25) is 5.91 Å². The summed E-state index contributed by atoms with van der Waals surface area (Å²) in [6, 6.07) is 12.8. The first-order valence-corrected chi connectivity index (χ1v) is 12.1. The number of rotatable bonds is 9. The largest absolute Gasteiger partial charge is 0.491 e. The first-order valence-electron chi connectivity index (χ1n) is 11.2. The fourth-order valence-corrected chi connectivity index (χ4v) is 5.02. The van der Waals surface area contributed by atoms with E-state index in [9.17, 15) is 18.4 Å². The predicted molar refractivity (Wildman–Crippen MR) is 129 cm³/mol. The molecule has 0 spiro atoms. The number of ether oxygens (including phenoxy) is 2. The van der Waals surface area contributed by atoms with Gasteiger partial charge in [-0.25, -0.2) is 8.78 Å². The molecule has 1 aliphatic heterocycles. The summed E-state index contributed by atoms with van der Waals surface area (Å²) in [5.41, 5.74) is 1.18. The Morgan fingerprint density at radius 2 is 1.91 bits per heavy atom. The number of methoxy groups -OCH3 is 1. The highest BCUT2D eigenvalue weighted by atomic mass is 32.1. The van der Waals surface area contributed by atoms with Crippen molar-refractivity contribution in [2.45, 2.75) is 12.5 Å². The number of hydrogen-bond acceptors (Lipinski definition) is 5. The van der Waals surface area contributed by atoms with Gasteiger partial charge < -0.3 is 19.3 Å². The molecule has 0 saturated heterocycles. The van der Waals surface area contributed by atoms with Gasteiger partial charge in [0.05, 0.1) is 12.6 Å². The third-order valence-electron chi connectivity index (χ3n) is 5.89. The number of carbonyl (C=O) groups excluding carboxylic acids is 2. The summed E-state index contributed by atoms with van der Waals surface area (Å²) in [7, 11) is 1.51. The molecule has 0 saturated carbocycles. The first kappa shape index (κ1) is 24.8. The van der Waals surface area contributed by atoms with Crippen LogP contribution in [0.3, 0.4) is 0 Å². The van der Waals surface area contributed by atoms with E-state index in [1.807, 2.05) is 11.4 Å². The van der Waals surface area contributed by atoms with Gasteiger partial charge in [0.1, 0.15) is 30.5 Å². The Hall–Kier alpha value is -3.30. The Labute approximate surface area is 206 Å². The van der Waals surface area contributed by atoms with Crippen molar-refractivity contribution in [3.05, 3.63) is 87.6 Å². The molecule has 1 unspecified atom stereocenters. The second-order valence-corrected chi connectivity index (χ2v) is 9.15. The number of amides is 2. The van der Waals surface area contributed by atoms with Gasteiger partial charge in [0.15, 0.2) is 0 Å². The lowest BCUT2D eigenvalue weighted by atomic mass is 10.0. The zero-order chi connectivity index (χ0) is 24.8. The summed E-state index contributed by atoms with van der Waals surface area (Å²) >= 11 is 1.64. The van der Waals surface area contributed by atoms with Crippen molar-refractivity contribution in [1.82, 2.24) is 9.80 Å². The number of hydrogen-bond donors (Lipinski definition) is 0. The van der Waals surface area contributed by atoms with E-state index in [-0.39, 0.29) is 49.6 Å². The number of thiophene rings is 1. The predicted octanol–water partition coefficient (Wildman–Crippen LogP) is 4.32. The smallest absolute Gasteiger partial charge is 0.254 e. The fraction of sp³-hybridized carbons (Fsp3) is 0.308. The third-order valence-corrected chi connectivity index (χ3v) is 6.88. The Morgan fingerprint density at radius 1 is 1.11 bits per heavy atom. The maximum Gasteiger partial charge on any atom is 0.254 e. The quantitative estimate of drug-likeness (QED) is 0.439. The summed E-state index contributed by atoms with van der Waals surface area (Å²) in [4.78, 5) is 30.9. The number of nitrogens with zero attached hydrogens (tertiary/aromatic N) is 2. The van der Waals surface area contributed by atoms with Crippen LogP contribution < -0.4 is 4.74 Å². The number of benzene rings is 2. The van der Waals surface area contributed by atoms with Crippen molar-refractivity contribution >= 4 is 23.2 Å². The van der Waals surface area contributed by atoms with Crippen LogP contribution in [0.25, 0.3) is 0 Å². The Bertz CT molecular complexity index is 1170. The van der Waals surface area contributed by atoms with E-state index in [1.54, 1.807) is 28.4 Å². The van der Waals surface area contributed by atoms with Crippen LogP contribution >= 0.6 is 11.3 Å². The summed E-state index contributed by atoms with van der Waals surface area (Å²) < 4.78 is 38.0. The molecule has 4 rings (SSSR count). The molecule has 2 aromatic carbocycles. The highest BCUT2D eigenvalue weighted by molar-refractivity contribution is 7.10. The molecule has 184 valence electrons. The summed E-state index contributed by atoms with van der Waals surface area (Å²) in [5.74, 6) is -1.05. The molecule has 1 atom stereocenters. The van der Waals surface area contributed by atoms with Crippen LogP contribution in [0.1, 0.15) is 26.8 Å². The molecule has 0 fully saturated rings. The van der Waals surface area contributed by atoms with Crippen molar-refractivity contribution in [3.8, 4) is 5.75 Å². The third kappa shape index (κ3) is 6.04. The molecule has 0 N–H and O–H groups in total. The van der Waals surface area contributed by atoms with Crippen molar-refractivity contribution in [2.75, 3.05) is 40.0 Å². The summed E-state index contributed by atoms with van der Waals surface area (Å²) in [6.07, 6.45) is 0.710. The van der Waals surface area contributed by atoms with E-state index >= 15 is 0 Å². The molecule has 0 aliphatic carbocycles. The van der Waals surface area contributed by atoms with E-state index in [0.717, 1.165) is 11.6 Å². The van der Waals surface area contributed by atoms with E-state index in [1.165, 1.54) is 47.2 Å². The molecule has 0 bridgehead atoms. The number of fused-ring (bicyclic) bond motifs is 1. The van der Waals surface area contributed by atoms with Gasteiger partial charge >= 0.3 is 0 Å². The Balaban J connectivity index is 1.52. The van der Waals surface area contributed by atoms with Crippen LogP contribution in [-0.2, 0) is 16.0 Å². The lowest BCUT2D eigenvalue weighted by Gasteiger charge is -2.37. The highest BCUT2D eigenvalue weighted by Crippen LogP contribution is 2.34. The second kappa shape index (κ2) is 11.4. The average Bonchev–Trinajstić information content (AvgIpc) is 3.34. The van der Waals surface area contributed by atoms with Gasteiger partial charge in [-0.1, -0.05) is 6.07 Å². The van der Waals surface area contributed by atoms with Gasteiger partial charge in [0, 0.05) is 30.6 Å². The molecule has 2 amide bonds. The minimum Gasteiger partial charge on any atom is -0.491 e. The molecule has 0 radical (unpaired) electrons. The van der Waals surface area contributed by atoms with Gasteiger partial charge in [-0.3, -0.25) is 9.59 Å². The molecule has 2 heterocycles. The fourth-order valence-electron chi connectivity index (χ4n) is 4.09. The maximum atomic E-state index is 13.7. The first-order chi connectivity index (χ1) is 17.0. The maximum absolute atomic E-state index is 13.7. The van der Waals surface area contributed by atoms with Crippen LogP contribution in [0.5, 0.6) is 5.75 Å². The minimum absolute atomic E-state index is 0.170. The van der Waals surface area contributed by atoms with Crippen LogP contribution in [0.4, 0.5) is 8.78 Å². The topological polar surface area (TPSA) is 59.1 Å². The van der Waals surface area contributed by atoms with E-state index < -0.39 is 11.7 Å². The molecule has 6 nitrogen and oxygen atoms in total. The van der Waals surface area contributed by atoms with Crippen LogP contribution in [-0.4, -0.2) is 61.6 Å². The van der Waals surface area contributed by atoms with Gasteiger partial charge in [-0.15, -0.1) is 11.3 Å². The standard InChI is InChI=1S/C26H26F2N2O4S/c1-33-13-12-29(26(32)18-3-2-4-20(28)15-18)16-25(31)30-11-9-24-22(10-14-35-24)23(30)17-34-21-7-5-19(27)6-8-21/h2-8,10,14-15,23H,9,11-13,16-17H2,1H3. The van der Waals surface area contributed by atoms with Gasteiger partial charge in [0.25, 0.3) is 5.91 Å². The second-order valence-electron chi connectivity index (χ2n) is 8.15. The summed E-state index contributed by atoms with van der Waals surface area (Å²) in [5, 5.41) is 1.99. The number of carbonyl (C=O) groups is 2. The SMILES string of the molecule is COCCN(CC(=O)N1CCc2sccc2C1COc1ccc(F)cc1)C(=O)c1cccc(F)c1. The molecule has 35 heavy (non-hydrogen) atoms. The van der Waals surface area contributed by atoms with E-state index in [2.05, 4.69) is 0 Å². The summed E-state index contributed by atoms with van der Waals surface area (Å²) in [6.45, 7) is 0.921. The lowest BCUT2D eigenvalue weighted by molar-refractivity contribution is -0.135. The Morgan fingerprint density at radius 3 is 2.66 bits per heavy atom. The van der Waals surface area contributed by atoms with E-state index in [0.29, 0.717) is 18.7 Å². The molecule has 9 heteroatoms. The van der Waals surface area contributed by atoms with Crippen LogP contribution in [0.2, 0.25) is 0 Å². The molecule has 3 aromatic rings. The molecular formula is C26H26F2N2O4S. The van der Waals surface area contributed by atoms with Crippen LogP contribution in [0.15, 0.2) is 60.0 Å². The molecular weight excluding hydrogens is 474 g/mol.